The van der Waals surface area contributed by atoms with E-state index in [1.165, 1.54) is 6.07 Å². The zero-order chi connectivity index (χ0) is 20.3. The van der Waals surface area contributed by atoms with Crippen molar-refractivity contribution in [3.05, 3.63) is 52.6 Å². The second-order valence-electron chi connectivity index (χ2n) is 7.40. The Morgan fingerprint density at radius 3 is 2.64 bits per heavy atom. The third kappa shape index (κ3) is 4.57. The molecule has 148 valence electrons. The van der Waals surface area contributed by atoms with Crippen molar-refractivity contribution in [1.29, 1.82) is 0 Å². The van der Waals surface area contributed by atoms with E-state index < -0.39 is 0 Å². The van der Waals surface area contributed by atoms with Gasteiger partial charge in [-0.15, -0.1) is 0 Å². The minimum atomic E-state index is -0.381. The summed E-state index contributed by atoms with van der Waals surface area (Å²) in [6.45, 7) is 8.31. The van der Waals surface area contributed by atoms with Crippen molar-refractivity contribution in [3.8, 4) is 5.75 Å². The van der Waals surface area contributed by atoms with Crippen LogP contribution >= 0.6 is 0 Å². The van der Waals surface area contributed by atoms with Gasteiger partial charge in [-0.1, -0.05) is 33.8 Å². The van der Waals surface area contributed by atoms with Gasteiger partial charge in [-0.05, 0) is 18.1 Å². The van der Waals surface area contributed by atoms with Gasteiger partial charge >= 0.3 is 0 Å². The highest BCUT2D eigenvalue weighted by atomic mass is 16.5. The molecule has 1 N–H and O–H groups in total. The Hall–Kier alpha value is -3.16. The quantitative estimate of drug-likeness (QED) is 0.677. The summed E-state index contributed by atoms with van der Waals surface area (Å²) >= 11 is 0. The van der Waals surface area contributed by atoms with Crippen molar-refractivity contribution < 1.29 is 9.53 Å². The average Bonchev–Trinajstić information content (AvgIpc) is 3.03. The van der Waals surface area contributed by atoms with Gasteiger partial charge in [-0.3, -0.25) is 9.59 Å². The lowest BCUT2D eigenvalue weighted by molar-refractivity contribution is -0.117. The molecule has 0 bridgehead atoms. The highest BCUT2D eigenvalue weighted by Crippen LogP contribution is 2.22. The monoisotopic (exact) mass is 383 g/mol. The Balaban J connectivity index is 1.77. The molecule has 3 rings (SSSR count). The number of carbonyl (C=O) groups is 1. The third-order valence-electron chi connectivity index (χ3n) is 4.04. The molecule has 3 aromatic heterocycles. The number of hydrogen-bond donors (Lipinski definition) is 1. The van der Waals surface area contributed by atoms with Gasteiger partial charge in [0, 0.05) is 24.2 Å². The van der Waals surface area contributed by atoms with Crippen LogP contribution < -0.4 is 15.6 Å². The first-order valence-electron chi connectivity index (χ1n) is 9.32. The fraction of sp³-hybridized carbons (Fsp3) is 0.400. The van der Waals surface area contributed by atoms with Crippen LogP contribution in [0.25, 0.3) is 5.52 Å². The topological polar surface area (TPSA) is 90.5 Å². The van der Waals surface area contributed by atoms with Crippen LogP contribution in [0.1, 0.15) is 39.3 Å². The van der Waals surface area contributed by atoms with Crippen molar-refractivity contribution in [3.63, 3.8) is 0 Å². The number of carbonyl (C=O) groups excluding carboxylic acids is 1. The van der Waals surface area contributed by atoms with Crippen LogP contribution in [0.5, 0.6) is 5.75 Å². The summed E-state index contributed by atoms with van der Waals surface area (Å²) in [7, 11) is 0. The molecule has 0 aliphatic rings. The predicted molar refractivity (Wildman–Crippen MR) is 107 cm³/mol. The molecule has 8 heteroatoms. The smallest absolute Gasteiger partial charge is 0.270 e. The second-order valence-corrected chi connectivity index (χ2v) is 7.40. The lowest BCUT2D eigenvalue weighted by Crippen LogP contribution is -2.30. The highest BCUT2D eigenvalue weighted by molar-refractivity contribution is 5.90. The first kappa shape index (κ1) is 19.6. The number of ether oxygens (including phenoxy) is 1. The molecule has 0 saturated carbocycles. The van der Waals surface area contributed by atoms with E-state index in [1.54, 1.807) is 16.8 Å². The summed E-state index contributed by atoms with van der Waals surface area (Å²) in [6.07, 6.45) is 1.79. The number of rotatable bonds is 7. The Kier molecular flexibility index (Phi) is 5.77. The fourth-order valence-corrected chi connectivity index (χ4v) is 2.69. The van der Waals surface area contributed by atoms with E-state index in [0.717, 1.165) is 10.2 Å². The third-order valence-corrected chi connectivity index (χ3v) is 4.04. The fourth-order valence-electron chi connectivity index (χ4n) is 2.69. The molecule has 0 radical (unpaired) electrons. The molecular weight excluding hydrogens is 358 g/mol. The van der Waals surface area contributed by atoms with Crippen molar-refractivity contribution in [2.45, 2.75) is 40.2 Å². The van der Waals surface area contributed by atoms with Gasteiger partial charge in [0.1, 0.15) is 18.0 Å². The summed E-state index contributed by atoms with van der Waals surface area (Å²) in [5.74, 6) is 0.911. The largest absolute Gasteiger partial charge is 0.491 e. The first-order valence-corrected chi connectivity index (χ1v) is 9.32. The van der Waals surface area contributed by atoms with Crippen LogP contribution in [0.15, 0.2) is 41.3 Å². The van der Waals surface area contributed by atoms with Crippen LogP contribution in [-0.2, 0) is 11.3 Å². The lowest BCUT2D eigenvalue weighted by atomic mass is 10.1. The number of pyridine rings is 1. The predicted octanol–water partition coefficient (Wildman–Crippen LogP) is 2.69. The van der Waals surface area contributed by atoms with Gasteiger partial charge < -0.3 is 10.1 Å². The molecule has 0 unspecified atom stereocenters. The maximum atomic E-state index is 12.4. The molecule has 3 aromatic rings. The molecule has 1 amide bonds. The van der Waals surface area contributed by atoms with Gasteiger partial charge in [0.25, 0.3) is 5.56 Å². The highest BCUT2D eigenvalue weighted by Gasteiger charge is 2.16. The van der Waals surface area contributed by atoms with Crippen molar-refractivity contribution in [1.82, 2.24) is 19.4 Å². The molecule has 8 nitrogen and oxygen atoms in total. The van der Waals surface area contributed by atoms with E-state index in [1.807, 2.05) is 45.9 Å². The van der Waals surface area contributed by atoms with Crippen LogP contribution in [0.2, 0.25) is 0 Å². The maximum absolute atomic E-state index is 12.4. The van der Waals surface area contributed by atoms with Crippen molar-refractivity contribution in [2.75, 3.05) is 11.9 Å². The second kappa shape index (κ2) is 8.24. The standard InChI is InChI=1S/C20H25N5O3/c1-13(2)12-28-16-10-19(27)25(23-20(16)14(3)4)11-18(26)21-17-9-15-7-5-6-8-24(15)22-17/h5-10,13-14H,11-12H2,1-4H3,(H,21,22,26). The summed E-state index contributed by atoms with van der Waals surface area (Å²) in [5, 5.41) is 11.3. The molecular formula is C20H25N5O3. The van der Waals surface area contributed by atoms with E-state index in [2.05, 4.69) is 15.5 Å². The number of amides is 1. The van der Waals surface area contributed by atoms with E-state index in [0.29, 0.717) is 29.8 Å². The Morgan fingerprint density at radius 1 is 1.18 bits per heavy atom. The summed E-state index contributed by atoms with van der Waals surface area (Å²) in [4.78, 5) is 24.8. The molecule has 28 heavy (non-hydrogen) atoms. The number of hydrogen-bond acceptors (Lipinski definition) is 5. The first-order chi connectivity index (χ1) is 13.3. The van der Waals surface area contributed by atoms with Gasteiger partial charge in [0.05, 0.1) is 12.1 Å². The van der Waals surface area contributed by atoms with E-state index in [4.69, 9.17) is 4.74 Å². The molecule has 0 fully saturated rings. The minimum absolute atomic E-state index is 0.0514. The van der Waals surface area contributed by atoms with Crippen LogP contribution in [0, 0.1) is 5.92 Å². The average molecular weight is 383 g/mol. The zero-order valence-electron chi connectivity index (χ0n) is 16.5. The Bertz CT molecular complexity index is 1000. The molecule has 0 aromatic carbocycles. The van der Waals surface area contributed by atoms with Crippen LogP contribution in [0.4, 0.5) is 5.82 Å². The lowest BCUT2D eigenvalue weighted by Gasteiger charge is -2.16. The van der Waals surface area contributed by atoms with Crippen LogP contribution in [-0.4, -0.2) is 31.9 Å². The molecule has 3 heterocycles. The SMILES string of the molecule is CC(C)COc1cc(=O)n(CC(=O)Nc2cc3ccccn3n2)nc1C(C)C. The summed E-state index contributed by atoms with van der Waals surface area (Å²) in [6, 6.07) is 8.80. The summed E-state index contributed by atoms with van der Waals surface area (Å²) in [5.41, 5.74) is 1.14. The van der Waals surface area contributed by atoms with Gasteiger partial charge in [0.15, 0.2) is 5.82 Å². The van der Waals surface area contributed by atoms with Gasteiger partial charge in [0.2, 0.25) is 5.91 Å². The minimum Gasteiger partial charge on any atom is -0.491 e. The van der Waals surface area contributed by atoms with Gasteiger partial charge in [-0.25, -0.2) is 9.20 Å². The number of nitrogens with one attached hydrogen (secondary N) is 1. The van der Waals surface area contributed by atoms with Crippen LogP contribution in [0.3, 0.4) is 0 Å². The molecule has 0 spiro atoms. The van der Waals surface area contributed by atoms with Crippen molar-refractivity contribution >= 4 is 17.2 Å². The number of anilines is 1. The van der Waals surface area contributed by atoms with E-state index in [-0.39, 0.29) is 23.9 Å². The van der Waals surface area contributed by atoms with E-state index in [9.17, 15) is 9.59 Å². The maximum Gasteiger partial charge on any atom is 0.270 e. The molecule has 0 aliphatic heterocycles. The van der Waals surface area contributed by atoms with Gasteiger partial charge in [-0.2, -0.15) is 10.2 Å². The number of aromatic nitrogens is 4. The molecule has 0 saturated heterocycles. The number of fused-ring (bicyclic) bond motifs is 1. The zero-order valence-corrected chi connectivity index (χ0v) is 16.5. The Morgan fingerprint density at radius 2 is 1.96 bits per heavy atom. The molecule has 0 atom stereocenters. The normalized spacial score (nSPS) is 11.4. The summed E-state index contributed by atoms with van der Waals surface area (Å²) < 4.78 is 8.56. The van der Waals surface area contributed by atoms with E-state index >= 15 is 0 Å². The molecule has 0 aliphatic carbocycles. The Labute approximate surface area is 163 Å². The number of nitrogens with zero attached hydrogens (tertiary/aromatic N) is 4. The van der Waals surface area contributed by atoms with Crippen molar-refractivity contribution in [2.24, 2.45) is 5.92 Å².